The maximum Gasteiger partial charge on any atom is 0.407 e. The van der Waals surface area contributed by atoms with E-state index in [9.17, 15) is 13.2 Å². The van der Waals surface area contributed by atoms with Crippen molar-refractivity contribution in [3.8, 4) is 0 Å². The number of hydrogen-bond acceptors (Lipinski definition) is 6. The largest absolute Gasteiger partial charge is 0.444 e. The van der Waals surface area contributed by atoms with E-state index in [1.54, 1.807) is 57.1 Å². The number of amides is 1. The highest BCUT2D eigenvalue weighted by Crippen LogP contribution is 2.34. The maximum absolute atomic E-state index is 13.5. The summed E-state index contributed by atoms with van der Waals surface area (Å²) in [5.41, 5.74) is -0.600. The first-order valence-electron chi connectivity index (χ1n) is 10.6. The zero-order valence-electron chi connectivity index (χ0n) is 18.6. The number of hydrogen-bond donors (Lipinski definition) is 1. The molecule has 9 heteroatoms. The molecular formula is C22H31N3O4S2. The molecule has 0 spiro atoms. The van der Waals surface area contributed by atoms with Crippen molar-refractivity contribution in [2.24, 2.45) is 0 Å². The Labute approximate surface area is 189 Å². The number of fused-ring (bicyclic) bond motifs is 1. The van der Waals surface area contributed by atoms with Crippen LogP contribution in [-0.4, -0.2) is 54.3 Å². The predicted molar refractivity (Wildman–Crippen MR) is 124 cm³/mol. The molecule has 1 aromatic heterocycles. The molecule has 2 heterocycles. The molecule has 1 aromatic carbocycles. The van der Waals surface area contributed by atoms with E-state index in [1.165, 1.54) is 4.31 Å². The van der Waals surface area contributed by atoms with E-state index in [0.717, 1.165) is 34.3 Å². The molecule has 1 atom stereocenters. The van der Waals surface area contributed by atoms with Crippen LogP contribution >= 0.6 is 11.8 Å². The minimum Gasteiger partial charge on any atom is -0.444 e. The minimum absolute atomic E-state index is 0.224. The molecule has 0 bridgehead atoms. The first-order valence-corrected chi connectivity index (χ1v) is 13.0. The van der Waals surface area contributed by atoms with Crippen LogP contribution in [0.25, 0.3) is 10.8 Å². The van der Waals surface area contributed by atoms with Gasteiger partial charge in [-0.1, -0.05) is 25.5 Å². The van der Waals surface area contributed by atoms with Gasteiger partial charge >= 0.3 is 6.09 Å². The van der Waals surface area contributed by atoms with Crippen molar-refractivity contribution in [2.75, 3.05) is 18.8 Å². The van der Waals surface area contributed by atoms with Crippen molar-refractivity contribution < 1.29 is 17.9 Å². The Hall–Kier alpha value is -1.84. The average Bonchev–Trinajstić information content (AvgIpc) is 3.15. The number of pyridine rings is 1. The Balaban J connectivity index is 1.83. The molecule has 31 heavy (non-hydrogen) atoms. The standard InChI is InChI=1S/C22H31N3O4S2/c1-5-6-12-30-18-14-23-13-16-8-7-9-19(20(16)18)31(27,28)25-11-10-17(15-25)24-21(26)29-22(2,3)4/h7-9,13-14,17H,5-6,10-12,15H2,1-4H3,(H,24,26). The number of rotatable bonds is 7. The van der Waals surface area contributed by atoms with Crippen LogP contribution in [0, 0.1) is 0 Å². The summed E-state index contributed by atoms with van der Waals surface area (Å²) < 4.78 is 33.8. The smallest absolute Gasteiger partial charge is 0.407 e. The maximum atomic E-state index is 13.5. The van der Waals surface area contributed by atoms with Gasteiger partial charge < -0.3 is 10.1 Å². The topological polar surface area (TPSA) is 88.6 Å². The number of carbonyl (C=O) groups excluding carboxylic acids is 1. The van der Waals surface area contributed by atoms with Crippen molar-refractivity contribution in [3.05, 3.63) is 30.6 Å². The Kier molecular flexibility index (Phi) is 7.49. The predicted octanol–water partition coefficient (Wildman–Crippen LogP) is 4.41. The van der Waals surface area contributed by atoms with Crippen LogP contribution in [0.3, 0.4) is 0 Å². The molecule has 0 radical (unpaired) electrons. The van der Waals surface area contributed by atoms with Crippen molar-refractivity contribution in [1.29, 1.82) is 0 Å². The van der Waals surface area contributed by atoms with Crippen LogP contribution in [0.1, 0.15) is 47.0 Å². The number of benzene rings is 1. The van der Waals surface area contributed by atoms with E-state index in [2.05, 4.69) is 17.2 Å². The van der Waals surface area contributed by atoms with Gasteiger partial charge in [0.05, 0.1) is 4.90 Å². The second-order valence-corrected chi connectivity index (χ2v) is 11.7. The van der Waals surface area contributed by atoms with Gasteiger partial charge in [0.2, 0.25) is 10.0 Å². The molecular weight excluding hydrogens is 434 g/mol. The number of aromatic nitrogens is 1. The molecule has 170 valence electrons. The van der Waals surface area contributed by atoms with Crippen molar-refractivity contribution in [3.63, 3.8) is 0 Å². The Morgan fingerprint density at radius 1 is 1.32 bits per heavy atom. The summed E-state index contributed by atoms with van der Waals surface area (Å²) in [6.07, 6.45) is 5.61. The molecule has 7 nitrogen and oxygen atoms in total. The number of carbonyl (C=O) groups is 1. The van der Waals surface area contributed by atoms with E-state index in [-0.39, 0.29) is 12.6 Å². The van der Waals surface area contributed by atoms with Gasteiger partial charge in [-0.3, -0.25) is 4.98 Å². The van der Waals surface area contributed by atoms with E-state index < -0.39 is 21.7 Å². The Morgan fingerprint density at radius 2 is 2.10 bits per heavy atom. The van der Waals surface area contributed by atoms with Gasteiger partial charge in [0.15, 0.2) is 0 Å². The van der Waals surface area contributed by atoms with E-state index in [1.807, 2.05) is 6.07 Å². The van der Waals surface area contributed by atoms with Gasteiger partial charge in [-0.15, -0.1) is 11.8 Å². The second kappa shape index (κ2) is 9.75. The zero-order chi connectivity index (χ0) is 22.6. The first-order chi connectivity index (χ1) is 14.6. The van der Waals surface area contributed by atoms with Crippen molar-refractivity contribution in [1.82, 2.24) is 14.6 Å². The lowest BCUT2D eigenvalue weighted by Crippen LogP contribution is -2.41. The van der Waals surface area contributed by atoms with Crippen LogP contribution in [0.2, 0.25) is 0 Å². The lowest BCUT2D eigenvalue weighted by atomic mass is 10.2. The highest BCUT2D eigenvalue weighted by Gasteiger charge is 2.35. The zero-order valence-corrected chi connectivity index (χ0v) is 20.2. The summed E-state index contributed by atoms with van der Waals surface area (Å²) >= 11 is 1.64. The second-order valence-electron chi connectivity index (χ2n) is 8.69. The quantitative estimate of drug-likeness (QED) is 0.481. The number of nitrogens with zero attached hydrogens (tertiary/aromatic N) is 2. The van der Waals surface area contributed by atoms with Gasteiger partial charge in [0.1, 0.15) is 5.60 Å². The fourth-order valence-corrected chi connectivity index (χ4v) is 6.46. The molecule has 1 fully saturated rings. The summed E-state index contributed by atoms with van der Waals surface area (Å²) in [5, 5.41) is 4.33. The van der Waals surface area contributed by atoms with Gasteiger partial charge in [-0.2, -0.15) is 4.31 Å². The van der Waals surface area contributed by atoms with Crippen LogP contribution in [-0.2, 0) is 14.8 Å². The van der Waals surface area contributed by atoms with Gasteiger partial charge in [-0.05, 0) is 45.4 Å². The number of unbranched alkanes of at least 4 members (excludes halogenated alkanes) is 1. The molecule has 1 amide bonds. The number of alkyl carbamates (subject to hydrolysis) is 1. The first kappa shape index (κ1) is 23.8. The highest BCUT2D eigenvalue weighted by molar-refractivity contribution is 7.99. The SMILES string of the molecule is CCCCSc1cncc2cccc(S(=O)(=O)N3CCC(NC(=O)OC(C)(C)C)C3)c12. The normalized spacial score (nSPS) is 17.7. The monoisotopic (exact) mass is 465 g/mol. The van der Waals surface area contributed by atoms with Gasteiger partial charge in [0.25, 0.3) is 0 Å². The molecule has 1 aliphatic heterocycles. The van der Waals surface area contributed by atoms with E-state index >= 15 is 0 Å². The molecule has 1 unspecified atom stereocenters. The van der Waals surface area contributed by atoms with Crippen molar-refractivity contribution in [2.45, 2.75) is 68.4 Å². The van der Waals surface area contributed by atoms with Crippen molar-refractivity contribution >= 4 is 38.7 Å². The number of ether oxygens (including phenoxy) is 1. The lowest BCUT2D eigenvalue weighted by Gasteiger charge is -2.22. The minimum atomic E-state index is -3.72. The summed E-state index contributed by atoms with van der Waals surface area (Å²) in [4.78, 5) is 17.5. The fraction of sp³-hybridized carbons (Fsp3) is 0.545. The van der Waals surface area contributed by atoms with Crippen LogP contribution in [0.15, 0.2) is 40.4 Å². The summed E-state index contributed by atoms with van der Waals surface area (Å²) in [6, 6.07) is 5.03. The van der Waals surface area contributed by atoms with Crippen LogP contribution < -0.4 is 5.32 Å². The molecule has 3 rings (SSSR count). The van der Waals surface area contributed by atoms with Crippen LogP contribution in [0.5, 0.6) is 0 Å². The molecule has 1 N–H and O–H groups in total. The summed E-state index contributed by atoms with van der Waals surface area (Å²) in [5.74, 6) is 0.914. The number of nitrogens with one attached hydrogen (secondary N) is 1. The highest BCUT2D eigenvalue weighted by atomic mass is 32.2. The third-order valence-corrected chi connectivity index (χ3v) is 7.98. The fourth-order valence-electron chi connectivity index (χ4n) is 3.50. The third kappa shape index (κ3) is 5.90. The van der Waals surface area contributed by atoms with E-state index in [0.29, 0.717) is 17.9 Å². The lowest BCUT2D eigenvalue weighted by molar-refractivity contribution is 0.0507. The molecule has 1 saturated heterocycles. The average molecular weight is 466 g/mol. The number of sulfonamides is 1. The van der Waals surface area contributed by atoms with Crippen LogP contribution in [0.4, 0.5) is 4.79 Å². The summed E-state index contributed by atoms with van der Waals surface area (Å²) in [7, 11) is -3.72. The Bertz CT molecular complexity index is 1030. The molecule has 2 aromatic rings. The van der Waals surface area contributed by atoms with Gasteiger partial charge in [-0.25, -0.2) is 13.2 Å². The molecule has 0 saturated carbocycles. The molecule has 0 aliphatic carbocycles. The van der Waals surface area contributed by atoms with Gasteiger partial charge in [0, 0.05) is 47.2 Å². The Morgan fingerprint density at radius 3 is 2.81 bits per heavy atom. The molecule has 1 aliphatic rings. The van der Waals surface area contributed by atoms with E-state index in [4.69, 9.17) is 4.74 Å². The summed E-state index contributed by atoms with van der Waals surface area (Å²) in [6.45, 7) is 8.09. The number of thioether (sulfide) groups is 1. The third-order valence-electron chi connectivity index (χ3n) is 4.96.